The van der Waals surface area contributed by atoms with Crippen molar-refractivity contribution in [3.63, 3.8) is 0 Å². The van der Waals surface area contributed by atoms with Gasteiger partial charge < -0.3 is 0 Å². The van der Waals surface area contributed by atoms with Crippen LogP contribution in [0.2, 0.25) is 0 Å². The van der Waals surface area contributed by atoms with E-state index in [4.69, 9.17) is 5.26 Å². The molecule has 0 aromatic heterocycles. The lowest BCUT2D eigenvalue weighted by atomic mass is 10.8. The molecule has 2 heteroatoms. The van der Waals surface area contributed by atoms with E-state index >= 15 is 0 Å². The van der Waals surface area contributed by atoms with Crippen molar-refractivity contribution in [3.8, 4) is 6.07 Å². The van der Waals surface area contributed by atoms with Gasteiger partial charge in [0, 0.05) is 5.75 Å². The molecule has 0 unspecified atom stereocenters. The van der Waals surface area contributed by atoms with Crippen molar-refractivity contribution in [2.45, 2.75) is 0 Å². The summed E-state index contributed by atoms with van der Waals surface area (Å²) in [4.78, 5) is 0. The predicted molar refractivity (Wildman–Crippen MR) is 33.1 cm³/mol. The number of rotatable bonds is 3. The molecule has 0 aliphatic rings. The molecule has 0 amide bonds. The molecule has 0 saturated carbocycles. The first-order valence-corrected chi connectivity index (χ1v) is 3.13. The van der Waals surface area contributed by atoms with Gasteiger partial charge in [0.2, 0.25) is 0 Å². The van der Waals surface area contributed by atoms with E-state index in [1.807, 2.05) is 6.07 Å². The van der Waals surface area contributed by atoms with Gasteiger partial charge in [0.05, 0.1) is 11.8 Å². The Labute approximate surface area is 48.0 Å². The molecule has 7 heavy (non-hydrogen) atoms. The summed E-state index contributed by atoms with van der Waals surface area (Å²) in [6.45, 7) is 3.50. The molecule has 0 aromatic rings. The van der Waals surface area contributed by atoms with Gasteiger partial charge in [0.25, 0.3) is 0 Å². The van der Waals surface area contributed by atoms with Crippen LogP contribution in [0.1, 0.15) is 0 Å². The lowest BCUT2D eigenvalue weighted by Gasteiger charge is -1.81. The minimum Gasteiger partial charge on any atom is -0.197 e. The van der Waals surface area contributed by atoms with Gasteiger partial charge in [-0.15, -0.1) is 18.3 Å². The Bertz CT molecular complexity index is 82.6. The minimum absolute atomic E-state index is 0.575. The third-order valence-electron chi connectivity index (χ3n) is 0.402. The molecule has 1 nitrogen and oxygen atoms in total. The fourth-order valence-corrected chi connectivity index (χ4v) is 0.564. The third-order valence-corrected chi connectivity index (χ3v) is 1.21. The molecule has 0 rings (SSSR count). The van der Waals surface area contributed by atoms with Crippen molar-refractivity contribution < 1.29 is 0 Å². The number of hydrogen-bond donors (Lipinski definition) is 0. The molecular weight excluding hydrogens is 106 g/mol. The summed E-state index contributed by atoms with van der Waals surface area (Å²) >= 11 is 1.57. The zero-order valence-corrected chi connectivity index (χ0v) is 4.87. The summed E-state index contributed by atoms with van der Waals surface area (Å²) in [5.74, 6) is 1.46. The fraction of sp³-hybridized carbons (Fsp3) is 0.400. The fourth-order valence-electron chi connectivity index (χ4n) is 0.188. The summed E-state index contributed by atoms with van der Waals surface area (Å²) in [7, 11) is 0. The maximum atomic E-state index is 7.99. The van der Waals surface area contributed by atoms with E-state index in [9.17, 15) is 0 Å². The van der Waals surface area contributed by atoms with Crippen molar-refractivity contribution in [2.24, 2.45) is 0 Å². The van der Waals surface area contributed by atoms with Gasteiger partial charge in [0.15, 0.2) is 0 Å². The zero-order chi connectivity index (χ0) is 5.54. The highest BCUT2D eigenvalue weighted by Crippen LogP contribution is 1.95. The Morgan fingerprint density at radius 2 is 2.57 bits per heavy atom. The first-order chi connectivity index (χ1) is 3.41. The van der Waals surface area contributed by atoms with Crippen LogP contribution in [0.25, 0.3) is 0 Å². The molecule has 38 valence electrons. The zero-order valence-electron chi connectivity index (χ0n) is 4.05. The van der Waals surface area contributed by atoms with Crippen LogP contribution in [0.3, 0.4) is 0 Å². The summed E-state index contributed by atoms with van der Waals surface area (Å²) < 4.78 is 0. The van der Waals surface area contributed by atoms with Gasteiger partial charge in [-0.3, -0.25) is 0 Å². The second-order valence-electron chi connectivity index (χ2n) is 0.962. The lowest BCUT2D eigenvalue weighted by molar-refractivity contribution is 1.49. The minimum atomic E-state index is 0.575. The van der Waals surface area contributed by atoms with E-state index in [-0.39, 0.29) is 0 Å². The van der Waals surface area contributed by atoms with Gasteiger partial charge in [-0.2, -0.15) is 5.26 Å². The Kier molecular flexibility index (Phi) is 5.25. The largest absolute Gasteiger partial charge is 0.197 e. The van der Waals surface area contributed by atoms with E-state index < -0.39 is 0 Å². The first-order valence-electron chi connectivity index (χ1n) is 1.97. The van der Waals surface area contributed by atoms with Crippen LogP contribution in [0.5, 0.6) is 0 Å². The predicted octanol–water partition coefficient (Wildman–Crippen LogP) is 1.43. The lowest BCUT2D eigenvalue weighted by Crippen LogP contribution is -1.70. The number of nitrogens with zero attached hydrogens (tertiary/aromatic N) is 1. The SMILES string of the molecule is C=CCSCC#N. The molecule has 0 radical (unpaired) electrons. The van der Waals surface area contributed by atoms with Crippen molar-refractivity contribution in [1.82, 2.24) is 0 Å². The van der Waals surface area contributed by atoms with Crippen molar-refractivity contribution in [1.29, 1.82) is 5.26 Å². The van der Waals surface area contributed by atoms with Crippen molar-refractivity contribution >= 4 is 11.8 Å². The van der Waals surface area contributed by atoms with Gasteiger partial charge in [-0.1, -0.05) is 6.08 Å². The second-order valence-corrected chi connectivity index (χ2v) is 1.99. The highest BCUT2D eigenvalue weighted by Gasteiger charge is 1.76. The topological polar surface area (TPSA) is 23.8 Å². The summed E-state index contributed by atoms with van der Waals surface area (Å²) in [5, 5.41) is 7.99. The standard InChI is InChI=1S/C5H7NS/c1-2-4-7-5-3-6/h2H,1,4-5H2. The third kappa shape index (κ3) is 5.58. The van der Waals surface area contributed by atoms with Gasteiger partial charge >= 0.3 is 0 Å². The molecule has 0 N–H and O–H groups in total. The summed E-state index contributed by atoms with van der Waals surface area (Å²) in [6.07, 6.45) is 1.79. The van der Waals surface area contributed by atoms with Crippen LogP contribution >= 0.6 is 11.8 Å². The molecular formula is C5H7NS. The summed E-state index contributed by atoms with van der Waals surface area (Å²) in [5.41, 5.74) is 0. The molecule has 0 spiro atoms. The monoisotopic (exact) mass is 113 g/mol. The maximum Gasteiger partial charge on any atom is 0.0811 e. The highest BCUT2D eigenvalue weighted by molar-refractivity contribution is 7.99. The molecule has 0 bridgehead atoms. The quantitative estimate of drug-likeness (QED) is 0.408. The Morgan fingerprint density at radius 3 is 3.00 bits per heavy atom. The number of thioether (sulfide) groups is 1. The maximum absolute atomic E-state index is 7.99. The first kappa shape index (κ1) is 6.58. The normalized spacial score (nSPS) is 7.29. The average molecular weight is 113 g/mol. The number of hydrogen-bond acceptors (Lipinski definition) is 2. The molecule has 0 aliphatic heterocycles. The highest BCUT2D eigenvalue weighted by atomic mass is 32.2. The molecule has 0 aliphatic carbocycles. The molecule has 0 fully saturated rings. The van der Waals surface area contributed by atoms with E-state index in [0.29, 0.717) is 5.75 Å². The smallest absolute Gasteiger partial charge is 0.0811 e. The Morgan fingerprint density at radius 1 is 1.86 bits per heavy atom. The van der Waals surface area contributed by atoms with Gasteiger partial charge in [-0.25, -0.2) is 0 Å². The van der Waals surface area contributed by atoms with Crippen molar-refractivity contribution in [2.75, 3.05) is 11.5 Å². The van der Waals surface area contributed by atoms with Crippen LogP contribution in [-0.2, 0) is 0 Å². The van der Waals surface area contributed by atoms with Crippen LogP contribution in [0, 0.1) is 11.3 Å². The van der Waals surface area contributed by atoms with Gasteiger partial charge in [-0.05, 0) is 0 Å². The van der Waals surface area contributed by atoms with E-state index in [2.05, 4.69) is 6.58 Å². The second kappa shape index (κ2) is 5.58. The van der Waals surface area contributed by atoms with E-state index in [1.165, 1.54) is 0 Å². The van der Waals surface area contributed by atoms with E-state index in [0.717, 1.165) is 5.75 Å². The van der Waals surface area contributed by atoms with Crippen LogP contribution in [0.15, 0.2) is 12.7 Å². The molecule has 0 aromatic carbocycles. The van der Waals surface area contributed by atoms with E-state index in [1.54, 1.807) is 17.8 Å². The Balaban J connectivity index is 2.72. The molecule has 0 heterocycles. The van der Waals surface area contributed by atoms with Crippen LogP contribution < -0.4 is 0 Å². The van der Waals surface area contributed by atoms with Gasteiger partial charge in [0.1, 0.15) is 0 Å². The van der Waals surface area contributed by atoms with Crippen molar-refractivity contribution in [3.05, 3.63) is 12.7 Å². The molecule has 0 atom stereocenters. The van der Waals surface area contributed by atoms with Crippen LogP contribution in [0.4, 0.5) is 0 Å². The van der Waals surface area contributed by atoms with Crippen LogP contribution in [-0.4, -0.2) is 11.5 Å². The summed E-state index contributed by atoms with van der Waals surface area (Å²) in [6, 6.07) is 2.02. The molecule has 0 saturated heterocycles. The Hall–Kier alpha value is -0.420. The number of nitriles is 1. The average Bonchev–Trinajstić information content (AvgIpc) is 1.69.